The van der Waals surface area contributed by atoms with Crippen LogP contribution in [0.1, 0.15) is 44.1 Å². The summed E-state index contributed by atoms with van der Waals surface area (Å²) in [6, 6.07) is 19.4. The number of hydrogen-bond donors (Lipinski definition) is 1. The molecule has 3 aromatic rings. The molecule has 0 saturated carbocycles. The van der Waals surface area contributed by atoms with Crippen molar-refractivity contribution in [3.8, 4) is 22.7 Å². The van der Waals surface area contributed by atoms with E-state index in [0.29, 0.717) is 5.69 Å². The molecular formula is C26H34N4O2. The van der Waals surface area contributed by atoms with E-state index in [2.05, 4.69) is 31.0 Å². The predicted molar refractivity (Wildman–Crippen MR) is 130 cm³/mol. The highest BCUT2D eigenvalue weighted by Gasteiger charge is 2.19. The summed E-state index contributed by atoms with van der Waals surface area (Å²) < 4.78 is 6.98. The van der Waals surface area contributed by atoms with Gasteiger partial charge in [0, 0.05) is 11.6 Å². The summed E-state index contributed by atoms with van der Waals surface area (Å²) in [6.07, 6.45) is 1.99. The Labute approximate surface area is 191 Å². The van der Waals surface area contributed by atoms with E-state index in [1.165, 1.54) is 0 Å². The van der Waals surface area contributed by atoms with Crippen LogP contribution in [0.15, 0.2) is 60.7 Å². The Morgan fingerprint density at radius 3 is 2.41 bits per heavy atom. The fourth-order valence-corrected chi connectivity index (χ4v) is 3.74. The van der Waals surface area contributed by atoms with Gasteiger partial charge in [0.1, 0.15) is 11.4 Å². The molecule has 2 aromatic carbocycles. The Balaban J connectivity index is 1.80. The van der Waals surface area contributed by atoms with Crippen molar-refractivity contribution in [1.82, 2.24) is 20.0 Å². The third kappa shape index (κ3) is 5.98. The maximum atomic E-state index is 13.2. The second kappa shape index (κ2) is 11.5. The van der Waals surface area contributed by atoms with Crippen molar-refractivity contribution in [1.29, 1.82) is 0 Å². The Morgan fingerprint density at radius 1 is 1.09 bits per heavy atom. The normalized spacial score (nSPS) is 12.0. The van der Waals surface area contributed by atoms with E-state index < -0.39 is 0 Å². The summed E-state index contributed by atoms with van der Waals surface area (Å²) in [4.78, 5) is 15.6. The van der Waals surface area contributed by atoms with Crippen molar-refractivity contribution in [2.75, 3.05) is 26.7 Å². The van der Waals surface area contributed by atoms with Gasteiger partial charge in [-0.15, -0.1) is 0 Å². The molecule has 6 heteroatoms. The smallest absolute Gasteiger partial charge is 0.270 e. The largest absolute Gasteiger partial charge is 0.497 e. The van der Waals surface area contributed by atoms with Gasteiger partial charge in [0.15, 0.2) is 0 Å². The molecule has 170 valence electrons. The van der Waals surface area contributed by atoms with Crippen LogP contribution in [0.3, 0.4) is 0 Å². The summed E-state index contributed by atoms with van der Waals surface area (Å²) in [5.41, 5.74) is 3.07. The van der Waals surface area contributed by atoms with Crippen LogP contribution >= 0.6 is 0 Å². The number of aromatic nitrogens is 2. The van der Waals surface area contributed by atoms with Gasteiger partial charge in [0.05, 0.1) is 18.5 Å². The fraction of sp³-hybridized carbons (Fsp3) is 0.385. The monoisotopic (exact) mass is 434 g/mol. The fourth-order valence-electron chi connectivity index (χ4n) is 3.74. The van der Waals surface area contributed by atoms with Crippen molar-refractivity contribution in [2.45, 2.75) is 39.7 Å². The molecule has 1 N–H and O–H groups in total. The highest BCUT2D eigenvalue weighted by atomic mass is 16.5. The number of nitrogens with one attached hydrogen (secondary N) is 1. The molecule has 1 heterocycles. The number of methoxy groups -OCH3 is 1. The molecular weight excluding hydrogens is 400 g/mol. The number of nitrogens with zero attached hydrogens (tertiary/aromatic N) is 3. The summed E-state index contributed by atoms with van der Waals surface area (Å²) in [7, 11) is 1.64. The molecule has 1 unspecified atom stereocenters. The van der Waals surface area contributed by atoms with E-state index in [9.17, 15) is 4.79 Å². The van der Waals surface area contributed by atoms with Crippen LogP contribution in [0, 0.1) is 0 Å². The number of benzene rings is 2. The highest BCUT2D eigenvalue weighted by Crippen LogP contribution is 2.23. The number of rotatable bonds is 11. The Kier molecular flexibility index (Phi) is 8.45. The maximum Gasteiger partial charge on any atom is 0.270 e. The van der Waals surface area contributed by atoms with Gasteiger partial charge in [-0.2, -0.15) is 5.10 Å². The van der Waals surface area contributed by atoms with Gasteiger partial charge in [-0.3, -0.25) is 4.79 Å². The second-order valence-electron chi connectivity index (χ2n) is 7.93. The molecule has 0 aliphatic rings. The molecule has 0 radical (unpaired) electrons. The topological polar surface area (TPSA) is 59.4 Å². The standard InChI is InChI=1S/C26H34N4O2/c1-5-29(6-2)18-10-11-20(3)27-26(31)25-19-24(21-12-8-7-9-13-21)28-30(25)22-14-16-23(32-4)17-15-22/h7-9,12-17,19-20H,5-6,10-11,18H2,1-4H3,(H,27,31). The third-order valence-electron chi connectivity index (χ3n) is 5.71. The number of amides is 1. The predicted octanol–water partition coefficient (Wildman–Crippen LogP) is 4.79. The average Bonchev–Trinajstić information content (AvgIpc) is 3.28. The van der Waals surface area contributed by atoms with Gasteiger partial charge in [-0.25, -0.2) is 4.68 Å². The molecule has 1 amide bonds. The van der Waals surface area contributed by atoms with Crippen LogP contribution in [-0.4, -0.2) is 53.4 Å². The van der Waals surface area contributed by atoms with E-state index >= 15 is 0 Å². The van der Waals surface area contributed by atoms with E-state index in [4.69, 9.17) is 9.84 Å². The van der Waals surface area contributed by atoms with Gasteiger partial charge in [-0.05, 0) is 69.7 Å². The molecule has 0 aliphatic heterocycles. The first-order valence-corrected chi connectivity index (χ1v) is 11.4. The maximum absolute atomic E-state index is 13.2. The molecule has 1 aromatic heterocycles. The summed E-state index contributed by atoms with van der Waals surface area (Å²) in [5, 5.41) is 7.91. The van der Waals surface area contributed by atoms with Gasteiger partial charge in [0.2, 0.25) is 0 Å². The lowest BCUT2D eigenvalue weighted by Crippen LogP contribution is -2.34. The SMILES string of the molecule is CCN(CC)CCCC(C)NC(=O)c1cc(-c2ccccc2)nn1-c1ccc(OC)cc1. The first-order valence-electron chi connectivity index (χ1n) is 11.4. The molecule has 1 atom stereocenters. The molecule has 32 heavy (non-hydrogen) atoms. The van der Waals surface area contributed by atoms with Crippen LogP contribution in [0.5, 0.6) is 5.75 Å². The minimum absolute atomic E-state index is 0.0810. The summed E-state index contributed by atoms with van der Waals surface area (Å²) in [6.45, 7) is 9.58. The molecule has 0 bridgehead atoms. The Bertz CT molecular complexity index is 979. The van der Waals surface area contributed by atoms with Gasteiger partial charge in [-0.1, -0.05) is 44.2 Å². The third-order valence-corrected chi connectivity index (χ3v) is 5.71. The van der Waals surface area contributed by atoms with Crippen molar-refractivity contribution in [3.63, 3.8) is 0 Å². The first kappa shape index (κ1) is 23.5. The zero-order valence-corrected chi connectivity index (χ0v) is 19.5. The van der Waals surface area contributed by atoms with Gasteiger partial charge < -0.3 is 15.0 Å². The van der Waals surface area contributed by atoms with Crippen molar-refractivity contribution >= 4 is 5.91 Å². The minimum Gasteiger partial charge on any atom is -0.497 e. The van der Waals surface area contributed by atoms with Crippen LogP contribution in [-0.2, 0) is 0 Å². The lowest BCUT2D eigenvalue weighted by Gasteiger charge is -2.20. The zero-order chi connectivity index (χ0) is 22.9. The van der Waals surface area contributed by atoms with Crippen LogP contribution < -0.4 is 10.1 Å². The number of carbonyl (C=O) groups excluding carboxylic acids is 1. The number of hydrogen-bond acceptors (Lipinski definition) is 4. The number of ether oxygens (including phenoxy) is 1. The van der Waals surface area contributed by atoms with Crippen LogP contribution in [0.2, 0.25) is 0 Å². The van der Waals surface area contributed by atoms with Gasteiger partial charge >= 0.3 is 0 Å². The van der Waals surface area contributed by atoms with E-state index in [1.54, 1.807) is 11.8 Å². The van der Waals surface area contributed by atoms with Crippen LogP contribution in [0.25, 0.3) is 16.9 Å². The van der Waals surface area contributed by atoms with Crippen molar-refractivity contribution in [3.05, 3.63) is 66.4 Å². The van der Waals surface area contributed by atoms with Gasteiger partial charge in [0.25, 0.3) is 5.91 Å². The van der Waals surface area contributed by atoms with E-state index in [1.807, 2.05) is 60.7 Å². The number of carbonyl (C=O) groups is 1. The van der Waals surface area contributed by atoms with E-state index in [0.717, 1.165) is 55.2 Å². The molecule has 0 aliphatic carbocycles. The lowest BCUT2D eigenvalue weighted by molar-refractivity contribution is 0.0929. The summed E-state index contributed by atoms with van der Waals surface area (Å²) in [5.74, 6) is 0.642. The molecule has 3 rings (SSSR count). The molecule has 0 spiro atoms. The van der Waals surface area contributed by atoms with E-state index in [-0.39, 0.29) is 11.9 Å². The zero-order valence-electron chi connectivity index (χ0n) is 19.5. The Morgan fingerprint density at radius 2 is 1.78 bits per heavy atom. The quantitative estimate of drug-likeness (QED) is 0.471. The molecule has 0 fully saturated rings. The average molecular weight is 435 g/mol. The first-order chi connectivity index (χ1) is 15.5. The highest BCUT2D eigenvalue weighted by molar-refractivity contribution is 5.94. The minimum atomic E-state index is -0.120. The van der Waals surface area contributed by atoms with Crippen molar-refractivity contribution < 1.29 is 9.53 Å². The Hall–Kier alpha value is -3.12. The van der Waals surface area contributed by atoms with Crippen LogP contribution in [0.4, 0.5) is 0 Å². The second-order valence-corrected chi connectivity index (χ2v) is 7.93. The molecule has 0 saturated heterocycles. The van der Waals surface area contributed by atoms with Crippen molar-refractivity contribution in [2.24, 2.45) is 0 Å². The molecule has 6 nitrogen and oxygen atoms in total. The summed E-state index contributed by atoms with van der Waals surface area (Å²) >= 11 is 0. The lowest BCUT2D eigenvalue weighted by atomic mass is 10.1.